The number of ether oxygens (including phenoxy) is 1. The Morgan fingerprint density at radius 2 is 2.04 bits per heavy atom. The summed E-state index contributed by atoms with van der Waals surface area (Å²) < 4.78 is 10.4. The highest BCUT2D eigenvalue weighted by Gasteiger charge is 2.23. The predicted molar refractivity (Wildman–Crippen MR) is 92.9 cm³/mol. The molecule has 0 unspecified atom stereocenters. The molecule has 8 heteroatoms. The van der Waals surface area contributed by atoms with Crippen LogP contribution < -0.4 is 10.1 Å². The van der Waals surface area contributed by atoms with Crippen molar-refractivity contribution in [2.24, 2.45) is 0 Å². The number of methoxy groups -OCH3 is 1. The van der Waals surface area contributed by atoms with Crippen molar-refractivity contribution in [3.05, 3.63) is 41.7 Å². The second-order valence-electron chi connectivity index (χ2n) is 6.21. The van der Waals surface area contributed by atoms with Crippen molar-refractivity contribution in [2.45, 2.75) is 32.2 Å². The molecule has 8 nitrogen and oxygen atoms in total. The fraction of sp³-hybridized carbons (Fsp3) is 0.444. The van der Waals surface area contributed by atoms with Gasteiger partial charge in [0.2, 0.25) is 11.8 Å². The highest BCUT2D eigenvalue weighted by Crippen LogP contribution is 2.17. The Labute approximate surface area is 151 Å². The van der Waals surface area contributed by atoms with Crippen molar-refractivity contribution in [3.63, 3.8) is 0 Å². The van der Waals surface area contributed by atoms with Crippen LogP contribution in [0.2, 0.25) is 0 Å². The smallest absolute Gasteiger partial charge is 0.275 e. The predicted octanol–water partition coefficient (Wildman–Crippen LogP) is 2.20. The quantitative estimate of drug-likeness (QED) is 0.880. The molecule has 26 heavy (non-hydrogen) atoms. The summed E-state index contributed by atoms with van der Waals surface area (Å²) in [5.41, 5.74) is 0.669. The Morgan fingerprint density at radius 3 is 2.69 bits per heavy atom. The fourth-order valence-corrected chi connectivity index (χ4v) is 2.82. The molecule has 2 aromatic heterocycles. The lowest BCUT2D eigenvalue weighted by molar-refractivity contribution is 0.0718. The molecule has 2 aromatic rings. The van der Waals surface area contributed by atoms with E-state index < -0.39 is 6.04 Å². The minimum Gasteiger partial charge on any atom is -0.481 e. The number of amides is 2. The zero-order valence-corrected chi connectivity index (χ0v) is 14.9. The van der Waals surface area contributed by atoms with Crippen LogP contribution in [0.3, 0.4) is 0 Å². The maximum atomic E-state index is 12.4. The van der Waals surface area contributed by atoms with E-state index in [0.29, 0.717) is 17.3 Å². The highest BCUT2D eigenvalue weighted by molar-refractivity contribution is 5.94. The summed E-state index contributed by atoms with van der Waals surface area (Å²) in [5.74, 6) is 0.288. The number of rotatable bonds is 5. The van der Waals surface area contributed by atoms with E-state index in [0.717, 1.165) is 32.4 Å². The van der Waals surface area contributed by atoms with Crippen molar-refractivity contribution < 1.29 is 18.7 Å². The van der Waals surface area contributed by atoms with E-state index in [1.807, 2.05) is 0 Å². The van der Waals surface area contributed by atoms with E-state index in [9.17, 15) is 9.59 Å². The number of pyridine rings is 1. The Hall–Kier alpha value is -2.90. The van der Waals surface area contributed by atoms with E-state index in [1.165, 1.54) is 19.6 Å². The van der Waals surface area contributed by atoms with Crippen LogP contribution in [0.25, 0.3) is 0 Å². The van der Waals surface area contributed by atoms with Crippen molar-refractivity contribution in [1.82, 2.24) is 20.2 Å². The van der Waals surface area contributed by atoms with Crippen molar-refractivity contribution in [3.8, 4) is 5.88 Å². The summed E-state index contributed by atoms with van der Waals surface area (Å²) in [4.78, 5) is 34.8. The fourth-order valence-electron chi connectivity index (χ4n) is 2.82. The molecule has 1 aliphatic heterocycles. The summed E-state index contributed by atoms with van der Waals surface area (Å²) in [7, 11) is 1.51. The SMILES string of the molecule is COc1ccc(C(=O)N[C@@H](C)c2nc(C(=O)N3CCCCC3)co2)cn1. The Morgan fingerprint density at radius 1 is 1.27 bits per heavy atom. The number of carbonyl (C=O) groups excluding carboxylic acids is 2. The van der Waals surface area contributed by atoms with Crippen molar-refractivity contribution in [1.29, 1.82) is 0 Å². The van der Waals surface area contributed by atoms with Crippen LogP contribution in [-0.4, -0.2) is 46.9 Å². The number of aromatic nitrogens is 2. The van der Waals surface area contributed by atoms with Gasteiger partial charge in [-0.1, -0.05) is 0 Å². The van der Waals surface area contributed by atoms with Gasteiger partial charge in [0, 0.05) is 25.4 Å². The second-order valence-corrected chi connectivity index (χ2v) is 6.21. The van der Waals surface area contributed by atoms with Gasteiger partial charge in [0.25, 0.3) is 11.8 Å². The molecule has 0 spiro atoms. The normalized spacial score (nSPS) is 15.4. The van der Waals surface area contributed by atoms with Crippen LogP contribution in [0.15, 0.2) is 29.0 Å². The topological polar surface area (TPSA) is 97.6 Å². The summed E-state index contributed by atoms with van der Waals surface area (Å²) in [6.45, 7) is 3.24. The van der Waals surface area contributed by atoms with Gasteiger partial charge in [0.1, 0.15) is 12.3 Å². The van der Waals surface area contributed by atoms with Gasteiger partial charge < -0.3 is 19.4 Å². The van der Waals surface area contributed by atoms with Crippen molar-refractivity contribution >= 4 is 11.8 Å². The summed E-state index contributed by atoms with van der Waals surface area (Å²) in [6, 6.07) is 2.75. The van der Waals surface area contributed by atoms with Crippen LogP contribution in [-0.2, 0) is 0 Å². The molecular formula is C18H22N4O4. The third kappa shape index (κ3) is 4.01. The molecule has 0 bridgehead atoms. The Kier molecular flexibility index (Phi) is 5.50. The van der Waals surface area contributed by atoms with Crippen LogP contribution in [0.4, 0.5) is 0 Å². The van der Waals surface area contributed by atoms with Gasteiger partial charge in [-0.05, 0) is 32.3 Å². The number of carbonyl (C=O) groups is 2. The van der Waals surface area contributed by atoms with Gasteiger partial charge in [-0.25, -0.2) is 9.97 Å². The first-order valence-corrected chi connectivity index (χ1v) is 8.64. The van der Waals surface area contributed by atoms with Gasteiger partial charge in [-0.3, -0.25) is 9.59 Å². The Bertz CT molecular complexity index is 766. The summed E-state index contributed by atoms with van der Waals surface area (Å²) in [5, 5.41) is 2.78. The monoisotopic (exact) mass is 358 g/mol. The zero-order chi connectivity index (χ0) is 18.5. The molecule has 1 fully saturated rings. The lowest BCUT2D eigenvalue weighted by atomic mass is 10.1. The highest BCUT2D eigenvalue weighted by atomic mass is 16.5. The molecule has 138 valence electrons. The van der Waals surface area contributed by atoms with Crippen molar-refractivity contribution in [2.75, 3.05) is 20.2 Å². The first-order chi connectivity index (χ1) is 12.6. The molecule has 0 radical (unpaired) electrons. The van der Waals surface area contributed by atoms with Gasteiger partial charge in [-0.2, -0.15) is 0 Å². The van der Waals surface area contributed by atoms with Crippen LogP contribution in [0.1, 0.15) is 59.0 Å². The van der Waals surface area contributed by atoms with Gasteiger partial charge in [-0.15, -0.1) is 0 Å². The van der Waals surface area contributed by atoms with Crippen LogP contribution in [0.5, 0.6) is 5.88 Å². The molecule has 1 N–H and O–H groups in total. The molecular weight excluding hydrogens is 336 g/mol. The number of piperidine rings is 1. The minimum atomic E-state index is -0.479. The molecule has 0 aromatic carbocycles. The zero-order valence-electron chi connectivity index (χ0n) is 14.9. The van der Waals surface area contributed by atoms with E-state index in [1.54, 1.807) is 24.0 Å². The minimum absolute atomic E-state index is 0.127. The molecule has 1 atom stereocenters. The number of nitrogens with one attached hydrogen (secondary N) is 1. The molecule has 3 rings (SSSR count). The number of hydrogen-bond donors (Lipinski definition) is 1. The summed E-state index contributed by atoms with van der Waals surface area (Å²) >= 11 is 0. The third-order valence-electron chi connectivity index (χ3n) is 4.31. The molecule has 0 aliphatic carbocycles. The molecule has 1 aliphatic rings. The largest absolute Gasteiger partial charge is 0.481 e. The molecule has 1 saturated heterocycles. The molecule has 2 amide bonds. The van der Waals surface area contributed by atoms with E-state index in [2.05, 4.69) is 15.3 Å². The lowest BCUT2D eigenvalue weighted by Gasteiger charge is -2.25. The standard InChI is InChI=1S/C18H22N4O4/c1-12(20-16(23)13-6-7-15(25-2)19-10-13)17-21-14(11-26-17)18(24)22-8-4-3-5-9-22/h6-7,10-12H,3-5,8-9H2,1-2H3,(H,20,23)/t12-/m0/s1. The average molecular weight is 358 g/mol. The third-order valence-corrected chi connectivity index (χ3v) is 4.31. The van der Waals surface area contributed by atoms with E-state index >= 15 is 0 Å². The number of oxazole rings is 1. The van der Waals surface area contributed by atoms with Gasteiger partial charge in [0.15, 0.2) is 5.69 Å². The van der Waals surface area contributed by atoms with Crippen LogP contribution in [0, 0.1) is 0 Å². The van der Waals surface area contributed by atoms with Crippen LogP contribution >= 0.6 is 0 Å². The van der Waals surface area contributed by atoms with Gasteiger partial charge >= 0.3 is 0 Å². The summed E-state index contributed by atoms with van der Waals surface area (Å²) in [6.07, 6.45) is 5.96. The number of likely N-dealkylation sites (tertiary alicyclic amines) is 1. The second kappa shape index (κ2) is 7.99. The average Bonchev–Trinajstić information content (AvgIpc) is 3.18. The van der Waals surface area contributed by atoms with Gasteiger partial charge in [0.05, 0.1) is 12.7 Å². The molecule has 3 heterocycles. The Balaban J connectivity index is 1.62. The van der Waals surface area contributed by atoms with E-state index in [-0.39, 0.29) is 17.5 Å². The first-order valence-electron chi connectivity index (χ1n) is 8.64. The number of hydrogen-bond acceptors (Lipinski definition) is 6. The first kappa shape index (κ1) is 17.9. The molecule has 0 saturated carbocycles. The number of nitrogens with zero attached hydrogens (tertiary/aromatic N) is 3. The van der Waals surface area contributed by atoms with E-state index in [4.69, 9.17) is 9.15 Å². The maximum Gasteiger partial charge on any atom is 0.275 e. The lowest BCUT2D eigenvalue weighted by Crippen LogP contribution is -2.35. The maximum absolute atomic E-state index is 12.4.